The van der Waals surface area contributed by atoms with Crippen LogP contribution in [0.4, 0.5) is 17.1 Å². The average molecular weight is 365 g/mol. The van der Waals surface area contributed by atoms with Gasteiger partial charge in [-0.2, -0.15) is 5.26 Å². The molecule has 2 N–H and O–H groups in total. The van der Waals surface area contributed by atoms with Crippen LogP contribution in [0.25, 0.3) is 0 Å². The minimum Gasteiger partial charge on any atom is -0.374 e. The molecule has 2 fully saturated rings. The lowest BCUT2D eigenvalue weighted by Gasteiger charge is -2.32. The molecule has 2 aromatic rings. The molecule has 1 aliphatic carbocycles. The van der Waals surface area contributed by atoms with Crippen LogP contribution in [0.5, 0.6) is 0 Å². The molecule has 1 saturated carbocycles. The number of benzene rings is 1. The van der Waals surface area contributed by atoms with Crippen molar-refractivity contribution in [2.45, 2.75) is 57.1 Å². The molecule has 0 aromatic heterocycles. The van der Waals surface area contributed by atoms with E-state index in [0.29, 0.717) is 16.9 Å². The second-order valence-corrected chi connectivity index (χ2v) is 7.48. The Labute approximate surface area is 157 Å². The molecule has 0 unspecified atom stereocenters. The largest absolute Gasteiger partial charge is 0.374 e. The highest BCUT2D eigenvalue weighted by atomic mass is 16.5. The van der Waals surface area contributed by atoms with E-state index >= 15 is 0 Å². The Morgan fingerprint density at radius 1 is 1.22 bits per heavy atom. The fourth-order valence-corrected chi connectivity index (χ4v) is 4.47. The predicted octanol–water partition coefficient (Wildman–Crippen LogP) is 2.97. The highest BCUT2D eigenvalue weighted by molar-refractivity contribution is 5.80. The van der Waals surface area contributed by atoms with Crippen molar-refractivity contribution in [1.29, 1.82) is 5.26 Å². The van der Waals surface area contributed by atoms with Crippen LogP contribution in [-0.2, 0) is 11.2 Å². The van der Waals surface area contributed by atoms with Crippen molar-refractivity contribution in [2.24, 2.45) is 0 Å². The first-order valence-electron chi connectivity index (χ1n) is 9.62. The Hall–Kier alpha value is -2.65. The van der Waals surface area contributed by atoms with Crippen LogP contribution in [0.3, 0.4) is 0 Å². The number of rotatable bonds is 5. The summed E-state index contributed by atoms with van der Waals surface area (Å²) in [7, 11) is 0. The number of nitrogens with one attached hydrogen (secondary N) is 2. The maximum Gasteiger partial charge on any atom is 0.253 e. The minimum absolute atomic E-state index is 0.0652. The number of aryl methyl sites for hydroxylation is 1. The number of anilines is 3. The van der Waals surface area contributed by atoms with Gasteiger partial charge >= 0.3 is 0 Å². The molecule has 1 spiro atoms. The first-order chi connectivity index (χ1) is 13.1. The van der Waals surface area contributed by atoms with Crippen LogP contribution in [0.2, 0.25) is 0 Å². The van der Waals surface area contributed by atoms with Crippen LogP contribution in [-0.4, -0.2) is 18.2 Å². The molecule has 0 bridgehead atoms. The molecule has 1 saturated heterocycles. The third-order valence-electron chi connectivity index (χ3n) is 5.97. The summed E-state index contributed by atoms with van der Waals surface area (Å²) in [4.78, 5) is 24.4. The molecule has 0 radical (unpaired) electrons. The van der Waals surface area contributed by atoms with E-state index in [9.17, 15) is 9.59 Å². The smallest absolute Gasteiger partial charge is 0.253 e. The normalized spacial score (nSPS) is 24.4. The number of hydrogen-bond donors (Lipinski definition) is 2. The lowest BCUT2D eigenvalue weighted by Crippen LogP contribution is -2.46. The van der Waals surface area contributed by atoms with Crippen molar-refractivity contribution in [3.8, 4) is 6.07 Å². The SMILES string of the molecule is CCc1cc(C#N)ccc1Nc1c(N[C@@H]2CCC[C@]23CCCO3)c(=O)c1=O. The van der Waals surface area contributed by atoms with Gasteiger partial charge in [-0.1, -0.05) is 6.92 Å². The molecule has 2 aromatic carbocycles. The van der Waals surface area contributed by atoms with Gasteiger partial charge in [-0.05, 0) is 62.3 Å². The second kappa shape index (κ2) is 6.82. The lowest BCUT2D eigenvalue weighted by molar-refractivity contribution is 0.00274. The van der Waals surface area contributed by atoms with E-state index in [0.717, 1.165) is 56.4 Å². The minimum atomic E-state index is -0.497. The van der Waals surface area contributed by atoms with Gasteiger partial charge in [0, 0.05) is 12.3 Å². The fraction of sp³-hybridized carbons (Fsp3) is 0.476. The zero-order valence-corrected chi connectivity index (χ0v) is 15.4. The van der Waals surface area contributed by atoms with Gasteiger partial charge in [-0.15, -0.1) is 0 Å². The molecule has 2 aliphatic rings. The molecule has 0 amide bonds. The molecular formula is C21H23N3O3. The number of ether oxygens (including phenoxy) is 1. The third-order valence-corrected chi connectivity index (χ3v) is 5.97. The maximum atomic E-state index is 12.2. The van der Waals surface area contributed by atoms with Gasteiger partial charge in [0.2, 0.25) is 0 Å². The molecule has 140 valence electrons. The average Bonchev–Trinajstić information content (AvgIpc) is 3.34. The Morgan fingerprint density at radius 3 is 2.70 bits per heavy atom. The fourth-order valence-electron chi connectivity index (χ4n) is 4.47. The summed E-state index contributed by atoms with van der Waals surface area (Å²) in [5.41, 5.74) is 1.79. The van der Waals surface area contributed by atoms with Gasteiger partial charge in [0.25, 0.3) is 10.9 Å². The van der Waals surface area contributed by atoms with Gasteiger partial charge in [0.15, 0.2) is 0 Å². The highest BCUT2D eigenvalue weighted by Crippen LogP contribution is 2.42. The Bertz CT molecular complexity index is 970. The van der Waals surface area contributed by atoms with Crippen LogP contribution in [0.15, 0.2) is 27.8 Å². The lowest BCUT2D eigenvalue weighted by atomic mass is 9.93. The second-order valence-electron chi connectivity index (χ2n) is 7.48. The molecule has 6 heteroatoms. The van der Waals surface area contributed by atoms with Crippen molar-refractivity contribution < 1.29 is 4.74 Å². The summed E-state index contributed by atoms with van der Waals surface area (Å²) in [6.07, 6.45) is 5.76. The highest BCUT2D eigenvalue weighted by Gasteiger charge is 2.47. The number of hydrogen-bond acceptors (Lipinski definition) is 6. The molecule has 4 rings (SSSR count). The topological polar surface area (TPSA) is 91.2 Å². The van der Waals surface area contributed by atoms with Crippen LogP contribution in [0, 0.1) is 11.3 Å². The Morgan fingerprint density at radius 2 is 2.00 bits per heavy atom. The zero-order valence-electron chi connectivity index (χ0n) is 15.4. The first kappa shape index (κ1) is 17.7. The van der Waals surface area contributed by atoms with Crippen molar-refractivity contribution in [2.75, 3.05) is 17.2 Å². The van der Waals surface area contributed by atoms with Crippen molar-refractivity contribution in [1.82, 2.24) is 0 Å². The Balaban J connectivity index is 1.60. The van der Waals surface area contributed by atoms with E-state index in [1.54, 1.807) is 18.2 Å². The Kier molecular flexibility index (Phi) is 4.48. The van der Waals surface area contributed by atoms with Crippen LogP contribution in [0.1, 0.15) is 50.2 Å². The predicted molar refractivity (Wildman–Crippen MR) is 104 cm³/mol. The van der Waals surface area contributed by atoms with E-state index in [2.05, 4.69) is 16.7 Å². The third kappa shape index (κ3) is 2.92. The monoisotopic (exact) mass is 365 g/mol. The van der Waals surface area contributed by atoms with E-state index in [4.69, 9.17) is 10.00 Å². The van der Waals surface area contributed by atoms with Crippen LogP contribution >= 0.6 is 0 Å². The number of nitrogens with zero attached hydrogens (tertiary/aromatic N) is 1. The van der Waals surface area contributed by atoms with Gasteiger partial charge < -0.3 is 15.4 Å². The van der Waals surface area contributed by atoms with Crippen molar-refractivity contribution in [3.63, 3.8) is 0 Å². The molecule has 2 atom stereocenters. The van der Waals surface area contributed by atoms with E-state index in [-0.39, 0.29) is 11.6 Å². The van der Waals surface area contributed by atoms with Gasteiger partial charge in [0.05, 0.1) is 23.3 Å². The summed E-state index contributed by atoms with van der Waals surface area (Å²) in [5.74, 6) is 0. The van der Waals surface area contributed by atoms with Crippen LogP contribution < -0.4 is 21.5 Å². The van der Waals surface area contributed by atoms with Crippen molar-refractivity contribution in [3.05, 3.63) is 49.8 Å². The molecule has 27 heavy (non-hydrogen) atoms. The summed E-state index contributed by atoms with van der Waals surface area (Å²) in [6, 6.07) is 7.49. The number of nitriles is 1. The summed E-state index contributed by atoms with van der Waals surface area (Å²) >= 11 is 0. The summed E-state index contributed by atoms with van der Waals surface area (Å²) in [5, 5.41) is 15.5. The summed E-state index contributed by atoms with van der Waals surface area (Å²) < 4.78 is 6.03. The van der Waals surface area contributed by atoms with Crippen molar-refractivity contribution >= 4 is 17.1 Å². The van der Waals surface area contributed by atoms with Gasteiger partial charge in [0.1, 0.15) is 11.4 Å². The first-order valence-corrected chi connectivity index (χ1v) is 9.62. The van der Waals surface area contributed by atoms with Gasteiger partial charge in [-0.25, -0.2) is 0 Å². The molecule has 1 heterocycles. The molecular weight excluding hydrogens is 342 g/mol. The van der Waals surface area contributed by atoms with E-state index < -0.39 is 10.9 Å². The quantitative estimate of drug-likeness (QED) is 0.792. The maximum absolute atomic E-state index is 12.2. The van der Waals surface area contributed by atoms with E-state index in [1.807, 2.05) is 6.92 Å². The zero-order chi connectivity index (χ0) is 19.0. The standard InChI is InChI=1S/C21H23N3O3/c1-2-14-11-13(12-22)6-7-15(14)23-17-18(20(26)19(17)25)24-16-5-3-8-21(16)9-4-10-27-21/h6-7,11,16,23-24H,2-5,8-10H2,1H3/t16-,21+/m1/s1. The molecule has 6 nitrogen and oxygen atoms in total. The molecule has 1 aliphatic heterocycles. The summed E-state index contributed by atoms with van der Waals surface area (Å²) in [6.45, 7) is 2.75. The van der Waals surface area contributed by atoms with E-state index in [1.165, 1.54) is 0 Å². The van der Waals surface area contributed by atoms with Gasteiger partial charge in [-0.3, -0.25) is 9.59 Å².